The minimum absolute atomic E-state index is 0.0601. The molecule has 0 fully saturated rings. The van der Waals surface area contributed by atoms with Crippen molar-refractivity contribution in [3.8, 4) is 0 Å². The maximum atomic E-state index is 12.1. The molecule has 0 saturated carbocycles. The zero-order valence-corrected chi connectivity index (χ0v) is 36.1. The molecule has 2 unspecified atom stereocenters. The molecule has 0 aromatic heterocycles. The van der Waals surface area contributed by atoms with Gasteiger partial charge in [-0.3, -0.25) is 18.6 Å². The molecule has 0 aromatic carbocycles. The smallest absolute Gasteiger partial charge is 0.463 e. The molecule has 0 aliphatic heterocycles. The molecule has 0 rings (SSSR count). The first-order chi connectivity index (χ1) is 27.8. The van der Waals surface area contributed by atoms with Crippen LogP contribution in [0.25, 0.3) is 0 Å². The lowest BCUT2D eigenvalue weighted by Crippen LogP contribution is -2.27. The molecule has 3 N–H and O–H groups in total. The van der Waals surface area contributed by atoms with E-state index in [1.807, 2.05) is 6.08 Å². The van der Waals surface area contributed by atoms with Crippen LogP contribution in [0.3, 0.4) is 0 Å². The number of allylic oxidation sites excluding steroid dienone is 18. The highest BCUT2D eigenvalue weighted by Gasteiger charge is 2.23. The molecule has 0 heterocycles. The predicted octanol–water partition coefficient (Wildman–Crippen LogP) is 12.0. The van der Waals surface area contributed by atoms with Crippen molar-refractivity contribution in [1.29, 1.82) is 0 Å². The van der Waals surface area contributed by atoms with E-state index in [2.05, 4.69) is 122 Å². The normalized spacial score (nSPS) is 14.4. The van der Waals surface area contributed by atoms with E-state index < -0.39 is 26.5 Å². The van der Waals surface area contributed by atoms with Crippen LogP contribution in [0.15, 0.2) is 109 Å². The maximum absolute atomic E-state index is 12.1. The molecule has 0 spiro atoms. The molecule has 10 heteroatoms. The lowest BCUT2D eigenvalue weighted by molar-refractivity contribution is -0.147. The number of phosphoric acid groups is 1. The number of hydrogen-bond acceptors (Lipinski definition) is 7. The molecule has 0 saturated heterocycles. The number of aliphatic hydroxyl groups excluding tert-OH is 1. The molecule has 1 amide bonds. The summed E-state index contributed by atoms with van der Waals surface area (Å²) in [6.45, 7) is 3.26. The number of carbonyl (C=O) groups excluding carboxylic acids is 2. The molecular formula is C47H76NO8P. The first-order valence-corrected chi connectivity index (χ1v) is 22.9. The Balaban J connectivity index is 3.76. The number of esters is 1. The van der Waals surface area contributed by atoms with Gasteiger partial charge in [-0.05, 0) is 89.9 Å². The van der Waals surface area contributed by atoms with Crippen LogP contribution in [-0.2, 0) is 27.9 Å². The SMILES string of the molecule is CC/C=C\C/C=C\C/C=C\C/C=C\C/C=C\C/C=C\C/C=C\CCCC(=O)OCC(O)COP(=O)(O)OCCNC(=O)CCCCCCC/C=C\C/C=C\CCC. The third-order valence-corrected chi connectivity index (χ3v) is 9.15. The number of nitrogens with one attached hydrogen (secondary N) is 1. The Labute approximate surface area is 346 Å². The van der Waals surface area contributed by atoms with Crippen LogP contribution >= 0.6 is 7.82 Å². The second-order valence-electron chi connectivity index (χ2n) is 13.6. The van der Waals surface area contributed by atoms with Crippen LogP contribution in [-0.4, -0.2) is 54.3 Å². The van der Waals surface area contributed by atoms with Crippen LogP contribution in [0.5, 0.6) is 0 Å². The van der Waals surface area contributed by atoms with Gasteiger partial charge in [-0.15, -0.1) is 0 Å². The van der Waals surface area contributed by atoms with E-state index in [-0.39, 0.29) is 32.1 Å². The van der Waals surface area contributed by atoms with E-state index in [1.165, 1.54) is 6.42 Å². The van der Waals surface area contributed by atoms with Gasteiger partial charge < -0.3 is 20.1 Å². The van der Waals surface area contributed by atoms with E-state index in [1.54, 1.807) is 0 Å². The second kappa shape index (κ2) is 42.3. The van der Waals surface area contributed by atoms with Crippen molar-refractivity contribution in [1.82, 2.24) is 5.32 Å². The molecule has 0 aromatic rings. The van der Waals surface area contributed by atoms with Gasteiger partial charge in [-0.1, -0.05) is 149 Å². The minimum Gasteiger partial charge on any atom is -0.463 e. The van der Waals surface area contributed by atoms with Gasteiger partial charge in [0.05, 0.1) is 13.2 Å². The molecular weight excluding hydrogens is 737 g/mol. The number of hydrogen-bond donors (Lipinski definition) is 3. The Hall–Kier alpha value is -3.33. The van der Waals surface area contributed by atoms with Crippen molar-refractivity contribution >= 4 is 19.7 Å². The summed E-state index contributed by atoms with van der Waals surface area (Å²) in [6, 6.07) is 0. The quantitative estimate of drug-likeness (QED) is 0.0243. The van der Waals surface area contributed by atoms with Crippen molar-refractivity contribution in [2.75, 3.05) is 26.4 Å². The number of aliphatic hydroxyl groups is 1. The summed E-state index contributed by atoms with van der Waals surface area (Å²) in [5.74, 6) is -0.603. The zero-order valence-electron chi connectivity index (χ0n) is 35.2. The number of phosphoric ester groups is 1. The van der Waals surface area contributed by atoms with Gasteiger partial charge in [0, 0.05) is 19.4 Å². The Morgan fingerprint density at radius 3 is 1.54 bits per heavy atom. The van der Waals surface area contributed by atoms with E-state index >= 15 is 0 Å². The Morgan fingerprint density at radius 2 is 1.02 bits per heavy atom. The van der Waals surface area contributed by atoms with Crippen LogP contribution in [0, 0.1) is 0 Å². The molecule has 2 atom stereocenters. The highest BCUT2D eigenvalue weighted by Crippen LogP contribution is 2.42. The fraction of sp³-hybridized carbons (Fsp3) is 0.574. The van der Waals surface area contributed by atoms with Crippen LogP contribution < -0.4 is 5.32 Å². The summed E-state index contributed by atoms with van der Waals surface area (Å²) in [6.07, 6.45) is 56.0. The number of carbonyl (C=O) groups is 2. The van der Waals surface area contributed by atoms with Gasteiger partial charge in [0.25, 0.3) is 0 Å². The number of ether oxygens (including phenoxy) is 1. The van der Waals surface area contributed by atoms with Crippen LogP contribution in [0.4, 0.5) is 0 Å². The summed E-state index contributed by atoms with van der Waals surface area (Å²) >= 11 is 0. The second-order valence-corrected chi connectivity index (χ2v) is 15.0. The topological polar surface area (TPSA) is 131 Å². The molecule has 0 bridgehead atoms. The highest BCUT2D eigenvalue weighted by atomic mass is 31.2. The Kier molecular flexibility index (Phi) is 39.8. The van der Waals surface area contributed by atoms with Gasteiger partial charge in [0.15, 0.2) is 0 Å². The minimum atomic E-state index is -4.44. The van der Waals surface area contributed by atoms with Gasteiger partial charge in [-0.2, -0.15) is 0 Å². The highest BCUT2D eigenvalue weighted by molar-refractivity contribution is 7.47. The molecule has 0 aliphatic rings. The average molecular weight is 814 g/mol. The molecule has 0 aliphatic carbocycles. The van der Waals surface area contributed by atoms with Crippen LogP contribution in [0.1, 0.15) is 142 Å². The van der Waals surface area contributed by atoms with E-state index in [4.69, 9.17) is 13.8 Å². The first-order valence-electron chi connectivity index (χ1n) is 21.4. The number of rotatable bonds is 38. The number of amides is 1. The van der Waals surface area contributed by atoms with Gasteiger partial charge in [0.2, 0.25) is 5.91 Å². The van der Waals surface area contributed by atoms with E-state index in [0.717, 1.165) is 103 Å². The van der Waals surface area contributed by atoms with Crippen molar-refractivity contribution in [2.24, 2.45) is 0 Å². The van der Waals surface area contributed by atoms with E-state index in [9.17, 15) is 24.2 Å². The monoisotopic (exact) mass is 814 g/mol. The van der Waals surface area contributed by atoms with Crippen molar-refractivity contribution in [3.63, 3.8) is 0 Å². The fourth-order valence-corrected chi connectivity index (χ4v) is 5.75. The molecule has 57 heavy (non-hydrogen) atoms. The predicted molar refractivity (Wildman–Crippen MR) is 238 cm³/mol. The lowest BCUT2D eigenvalue weighted by Gasteiger charge is -2.15. The number of unbranched alkanes of at least 4 members (excludes halogenated alkanes) is 7. The Bertz CT molecular complexity index is 1290. The summed E-state index contributed by atoms with van der Waals surface area (Å²) in [4.78, 5) is 33.8. The van der Waals surface area contributed by atoms with Crippen molar-refractivity contribution in [2.45, 2.75) is 148 Å². The molecule has 322 valence electrons. The summed E-state index contributed by atoms with van der Waals surface area (Å²) < 4.78 is 26.8. The van der Waals surface area contributed by atoms with Gasteiger partial charge >= 0.3 is 13.8 Å². The first kappa shape index (κ1) is 53.7. The van der Waals surface area contributed by atoms with E-state index in [0.29, 0.717) is 12.8 Å². The average Bonchev–Trinajstić information content (AvgIpc) is 3.20. The summed E-state index contributed by atoms with van der Waals surface area (Å²) in [7, 11) is -4.44. The third kappa shape index (κ3) is 43.6. The summed E-state index contributed by atoms with van der Waals surface area (Å²) in [5.41, 5.74) is 0. The molecule has 0 radical (unpaired) electrons. The van der Waals surface area contributed by atoms with Crippen molar-refractivity contribution in [3.05, 3.63) is 109 Å². The lowest BCUT2D eigenvalue weighted by atomic mass is 10.1. The van der Waals surface area contributed by atoms with Crippen molar-refractivity contribution < 1.29 is 37.9 Å². The maximum Gasteiger partial charge on any atom is 0.472 e. The molecule has 9 nitrogen and oxygen atoms in total. The van der Waals surface area contributed by atoms with Gasteiger partial charge in [-0.25, -0.2) is 4.57 Å². The van der Waals surface area contributed by atoms with Crippen LogP contribution in [0.2, 0.25) is 0 Å². The third-order valence-electron chi connectivity index (χ3n) is 8.17. The Morgan fingerprint density at radius 1 is 0.561 bits per heavy atom. The summed E-state index contributed by atoms with van der Waals surface area (Å²) in [5, 5.41) is 12.7. The zero-order chi connectivity index (χ0) is 41.8. The van der Waals surface area contributed by atoms with Gasteiger partial charge in [0.1, 0.15) is 12.7 Å². The largest absolute Gasteiger partial charge is 0.472 e. The standard InChI is InChI=1S/C47H76NO8P/c1-3-5-7-9-11-13-15-17-18-19-20-21-22-23-24-25-26-28-30-32-34-36-38-40-47(51)54-43-45(49)44-56-57(52,53)55-42-41-48-46(50)39-37-35-33-31-29-27-16-14-12-10-8-6-4-2/h5,7-8,10-11,13-14,16-18,20-21,23-24,26,28,32,34,45,49H,3-4,6,9,12,15,19,22,25,27,29-31,33,35-44H2,1-2H3,(H,48,50)(H,52,53)/b7-5-,10-8-,13-11-,16-14-,18-17-,21-20-,24-23-,28-26-,34-32-. The fourth-order valence-electron chi connectivity index (χ4n) is 4.99.